The second kappa shape index (κ2) is 48.7. The molecule has 0 aliphatic rings. The van der Waals surface area contributed by atoms with Crippen LogP contribution >= 0.6 is 7.82 Å². The molecule has 0 spiro atoms. The van der Waals surface area contributed by atoms with Gasteiger partial charge in [0.1, 0.15) is 13.2 Å². The molecule has 9 heteroatoms. The predicted octanol–water partition coefficient (Wildman–Crippen LogP) is 16.0. The third kappa shape index (κ3) is 50.5. The lowest BCUT2D eigenvalue weighted by molar-refractivity contribution is -0.870. The topological polar surface area (TPSA) is 105 Å². The fourth-order valence-electron chi connectivity index (χ4n) is 6.67. The number of phosphoric ester groups is 1. The Balaban J connectivity index is 4.49. The Morgan fingerprint density at radius 2 is 0.897 bits per heavy atom. The fourth-order valence-corrected chi connectivity index (χ4v) is 7.41. The molecule has 68 heavy (non-hydrogen) atoms. The van der Waals surface area contributed by atoms with E-state index < -0.39 is 20.0 Å². The SMILES string of the molecule is CC/C=C\C/C=C\C/C=C\C/C=C\C/C=C\C/C=C\C/C=C\C/C=C\CCCCC(=O)NC(COP(=O)(O)OCC[N+](C)(C)C)C(O)/C=C/CC/C=C/CC/C=C/CCCCCCCCCCC. The van der Waals surface area contributed by atoms with Crippen molar-refractivity contribution in [2.75, 3.05) is 40.9 Å². The van der Waals surface area contributed by atoms with E-state index in [2.05, 4.69) is 141 Å². The molecule has 0 heterocycles. The Morgan fingerprint density at radius 3 is 1.35 bits per heavy atom. The largest absolute Gasteiger partial charge is 0.472 e. The molecule has 8 nitrogen and oxygen atoms in total. The molecule has 0 aromatic carbocycles. The minimum atomic E-state index is -4.38. The summed E-state index contributed by atoms with van der Waals surface area (Å²) in [6.07, 6.45) is 74.0. The van der Waals surface area contributed by atoms with Crippen molar-refractivity contribution in [3.05, 3.63) is 134 Å². The van der Waals surface area contributed by atoms with Crippen molar-refractivity contribution in [3.63, 3.8) is 0 Å². The van der Waals surface area contributed by atoms with Crippen molar-refractivity contribution < 1.29 is 32.9 Å². The van der Waals surface area contributed by atoms with Crippen LogP contribution in [0.15, 0.2) is 134 Å². The number of nitrogens with one attached hydrogen (secondary N) is 1. The van der Waals surface area contributed by atoms with E-state index in [1.165, 1.54) is 64.2 Å². The maximum absolute atomic E-state index is 12.9. The molecule has 0 radical (unpaired) electrons. The van der Waals surface area contributed by atoms with Gasteiger partial charge in [0.15, 0.2) is 0 Å². The molecule has 0 saturated carbocycles. The molecule has 3 atom stereocenters. The van der Waals surface area contributed by atoms with E-state index in [-0.39, 0.29) is 25.5 Å². The molecule has 0 aromatic heterocycles. The number of likely N-dealkylation sites (N-methyl/N-ethyl adjacent to an activating group) is 1. The zero-order chi connectivity index (χ0) is 49.9. The number of hydrogen-bond donors (Lipinski definition) is 3. The van der Waals surface area contributed by atoms with E-state index in [1.54, 1.807) is 6.08 Å². The van der Waals surface area contributed by atoms with Crippen molar-refractivity contribution in [1.82, 2.24) is 5.32 Å². The smallest absolute Gasteiger partial charge is 0.387 e. The van der Waals surface area contributed by atoms with E-state index in [1.807, 2.05) is 27.2 Å². The highest BCUT2D eigenvalue weighted by Gasteiger charge is 2.27. The van der Waals surface area contributed by atoms with Crippen LogP contribution in [0.4, 0.5) is 0 Å². The van der Waals surface area contributed by atoms with Gasteiger partial charge in [-0.15, -0.1) is 0 Å². The number of unbranched alkanes of at least 4 members (excludes halogenated alkanes) is 13. The highest BCUT2D eigenvalue weighted by molar-refractivity contribution is 7.47. The van der Waals surface area contributed by atoms with Crippen LogP contribution in [0.1, 0.15) is 181 Å². The summed E-state index contributed by atoms with van der Waals surface area (Å²) in [4.78, 5) is 23.2. The summed E-state index contributed by atoms with van der Waals surface area (Å²) in [6, 6.07) is -0.904. The highest BCUT2D eigenvalue weighted by Crippen LogP contribution is 2.43. The summed E-state index contributed by atoms with van der Waals surface area (Å²) in [5.74, 6) is -0.240. The molecule has 3 unspecified atom stereocenters. The van der Waals surface area contributed by atoms with Gasteiger partial charge in [0.2, 0.25) is 5.91 Å². The Bertz CT molecular complexity index is 1560. The first kappa shape index (κ1) is 64.6. The van der Waals surface area contributed by atoms with Gasteiger partial charge in [-0.1, -0.05) is 199 Å². The minimum absolute atomic E-state index is 0.0367. The third-order valence-corrected chi connectivity index (χ3v) is 11.8. The Labute approximate surface area is 417 Å². The number of allylic oxidation sites excluding steroid dienone is 21. The van der Waals surface area contributed by atoms with E-state index >= 15 is 0 Å². The van der Waals surface area contributed by atoms with Gasteiger partial charge in [-0.3, -0.25) is 13.8 Å². The first-order valence-electron chi connectivity index (χ1n) is 26.6. The molecule has 0 aliphatic heterocycles. The van der Waals surface area contributed by atoms with Crippen molar-refractivity contribution >= 4 is 13.7 Å². The van der Waals surface area contributed by atoms with Crippen LogP contribution in [-0.2, 0) is 18.4 Å². The molecular weight excluding hydrogens is 864 g/mol. The molecule has 1 amide bonds. The Kier molecular flexibility index (Phi) is 46.3. The minimum Gasteiger partial charge on any atom is -0.387 e. The van der Waals surface area contributed by atoms with Gasteiger partial charge in [0.25, 0.3) is 0 Å². The normalized spacial score (nSPS) is 15.1. The summed E-state index contributed by atoms with van der Waals surface area (Å²) < 4.78 is 23.6. The summed E-state index contributed by atoms with van der Waals surface area (Å²) in [7, 11) is 1.49. The fraction of sp³-hybridized carbons (Fsp3) is 0.610. The first-order valence-corrected chi connectivity index (χ1v) is 28.1. The van der Waals surface area contributed by atoms with Gasteiger partial charge in [-0.25, -0.2) is 4.57 Å². The van der Waals surface area contributed by atoms with Crippen LogP contribution in [0.25, 0.3) is 0 Å². The van der Waals surface area contributed by atoms with Crippen LogP contribution in [0, 0.1) is 0 Å². The number of quaternary nitrogens is 1. The number of aliphatic hydroxyl groups is 1. The molecule has 0 saturated heterocycles. The van der Waals surface area contributed by atoms with Gasteiger partial charge in [-0.2, -0.15) is 0 Å². The molecule has 0 aromatic rings. The number of aliphatic hydroxyl groups excluding tert-OH is 1. The molecular formula is C59H100N2O6P+. The van der Waals surface area contributed by atoms with Gasteiger partial charge < -0.3 is 19.8 Å². The summed E-state index contributed by atoms with van der Waals surface area (Å²) in [5, 5.41) is 13.8. The van der Waals surface area contributed by atoms with Crippen LogP contribution in [0.3, 0.4) is 0 Å². The second-order valence-electron chi connectivity index (χ2n) is 18.5. The van der Waals surface area contributed by atoms with Crippen LogP contribution in [0.2, 0.25) is 0 Å². The van der Waals surface area contributed by atoms with Gasteiger partial charge >= 0.3 is 7.82 Å². The molecule has 0 rings (SSSR count). The standard InChI is InChI=1S/C59H99N2O6P/c1-6-8-10-12-14-16-18-20-22-24-26-27-28-29-30-31-32-33-35-37-39-41-43-45-47-49-51-53-59(63)60-57(56-67-68(64,65)66-55-54-61(3,4)5)58(62)52-50-48-46-44-42-40-38-36-34-25-23-21-19-17-15-13-11-9-7-2/h8,10,14,16,20,22,26-27,29-30,32-34,36-37,39,42-45,50,52,57-58,62H,6-7,9,11-13,15,17-19,21,23-25,28,31,35,38,40-41,46-49,51,53-56H2,1-5H3,(H-,60,63,64,65)/p+1/b10-8-,16-14-,22-20-,27-26-,30-29-,33-32-,36-34+,39-37-,44-42+,45-43-,52-50+. The number of hydrogen-bond acceptors (Lipinski definition) is 5. The maximum atomic E-state index is 12.9. The van der Waals surface area contributed by atoms with E-state index in [0.717, 1.165) is 89.9 Å². The quantitative estimate of drug-likeness (QED) is 0.0243. The molecule has 3 N–H and O–H groups in total. The average molecular weight is 964 g/mol. The lowest BCUT2D eigenvalue weighted by Gasteiger charge is -2.25. The van der Waals surface area contributed by atoms with E-state index in [4.69, 9.17) is 9.05 Å². The number of amides is 1. The van der Waals surface area contributed by atoms with Gasteiger partial charge in [-0.05, 0) is 109 Å². The van der Waals surface area contributed by atoms with Crippen molar-refractivity contribution in [2.24, 2.45) is 0 Å². The van der Waals surface area contributed by atoms with E-state index in [0.29, 0.717) is 17.4 Å². The monoisotopic (exact) mass is 964 g/mol. The number of phosphoric acid groups is 1. The van der Waals surface area contributed by atoms with Crippen LogP contribution < -0.4 is 5.32 Å². The predicted molar refractivity (Wildman–Crippen MR) is 294 cm³/mol. The summed E-state index contributed by atoms with van der Waals surface area (Å²) in [6.45, 7) is 4.61. The summed E-state index contributed by atoms with van der Waals surface area (Å²) in [5.41, 5.74) is 0. The average Bonchev–Trinajstić information content (AvgIpc) is 3.30. The molecule has 0 bridgehead atoms. The van der Waals surface area contributed by atoms with E-state index in [9.17, 15) is 19.4 Å². The molecule has 0 aliphatic carbocycles. The lowest BCUT2D eigenvalue weighted by atomic mass is 10.1. The highest BCUT2D eigenvalue weighted by atomic mass is 31.2. The Hall–Kier alpha value is -3.36. The first-order chi connectivity index (χ1) is 33.0. The number of rotatable bonds is 46. The molecule has 0 fully saturated rings. The van der Waals surface area contributed by atoms with Gasteiger partial charge in [0, 0.05) is 6.42 Å². The Morgan fingerprint density at radius 1 is 0.515 bits per heavy atom. The molecule has 386 valence electrons. The number of carbonyl (C=O) groups excluding carboxylic acids is 1. The maximum Gasteiger partial charge on any atom is 0.472 e. The zero-order valence-electron chi connectivity index (χ0n) is 43.8. The third-order valence-electron chi connectivity index (χ3n) is 10.8. The zero-order valence-corrected chi connectivity index (χ0v) is 44.7. The van der Waals surface area contributed by atoms with Crippen LogP contribution in [0.5, 0.6) is 0 Å². The van der Waals surface area contributed by atoms with Crippen molar-refractivity contribution in [2.45, 2.75) is 193 Å². The number of nitrogens with zero attached hydrogens (tertiary/aromatic N) is 1. The number of carbonyl (C=O) groups is 1. The second-order valence-corrected chi connectivity index (χ2v) is 19.9. The van der Waals surface area contributed by atoms with Crippen molar-refractivity contribution in [1.29, 1.82) is 0 Å². The lowest BCUT2D eigenvalue weighted by Crippen LogP contribution is -2.45. The van der Waals surface area contributed by atoms with Crippen molar-refractivity contribution in [3.8, 4) is 0 Å². The van der Waals surface area contributed by atoms with Gasteiger partial charge in [0.05, 0.1) is 39.9 Å². The van der Waals surface area contributed by atoms with Crippen LogP contribution in [-0.4, -0.2) is 73.4 Å². The summed E-state index contributed by atoms with van der Waals surface area (Å²) >= 11 is 0.